The van der Waals surface area contributed by atoms with Crippen molar-refractivity contribution in [2.45, 2.75) is 64.7 Å². The van der Waals surface area contributed by atoms with E-state index >= 15 is 0 Å². The number of rotatable bonds is 8. The summed E-state index contributed by atoms with van der Waals surface area (Å²) in [5.41, 5.74) is 3.66. The number of aliphatic carboxylic acids is 1. The lowest BCUT2D eigenvalue weighted by Gasteiger charge is -2.14. The molecule has 34 heavy (non-hydrogen) atoms. The molecule has 0 saturated carbocycles. The predicted octanol–water partition coefficient (Wildman–Crippen LogP) is 7.71. The van der Waals surface area contributed by atoms with Crippen LogP contribution in [0.3, 0.4) is 0 Å². The molecule has 0 unspecified atom stereocenters. The first-order valence-electron chi connectivity index (χ1n) is 11.3. The number of carboxylic acid groups (broad SMARTS) is 1. The molecule has 3 rings (SSSR count). The van der Waals surface area contributed by atoms with Crippen LogP contribution in [0.4, 0.5) is 13.2 Å². The Morgan fingerprint density at radius 2 is 1.88 bits per heavy atom. The molecule has 0 amide bonds. The van der Waals surface area contributed by atoms with Crippen molar-refractivity contribution in [2.75, 3.05) is 0 Å². The maximum Gasteiger partial charge on any atom is 0.427 e. The lowest BCUT2D eigenvalue weighted by atomic mass is 10.0. The van der Waals surface area contributed by atoms with E-state index in [0.29, 0.717) is 41.3 Å². The number of carboxylic acids is 1. The Labute approximate surface area is 201 Å². The molecular weight excluding hydrogens is 463 g/mol. The van der Waals surface area contributed by atoms with Crippen LogP contribution in [-0.2, 0) is 28.7 Å². The summed E-state index contributed by atoms with van der Waals surface area (Å²) in [6, 6.07) is 7.35. The van der Waals surface area contributed by atoms with Crippen molar-refractivity contribution in [3.8, 4) is 11.3 Å². The zero-order chi connectivity index (χ0) is 24.7. The molecule has 182 valence electrons. The summed E-state index contributed by atoms with van der Waals surface area (Å²) >= 11 is 0.431. The van der Waals surface area contributed by atoms with Crippen LogP contribution in [0.25, 0.3) is 11.3 Å². The van der Waals surface area contributed by atoms with E-state index in [4.69, 9.17) is 9.84 Å². The number of hydrogen-bond acceptors (Lipinski definition) is 4. The van der Waals surface area contributed by atoms with Crippen molar-refractivity contribution in [2.24, 2.45) is 0 Å². The molecular formula is C26H28F3NO3S. The minimum atomic E-state index is -4.54. The van der Waals surface area contributed by atoms with Gasteiger partial charge in [-0.1, -0.05) is 49.4 Å². The second-order valence-electron chi connectivity index (χ2n) is 8.24. The number of hydrogen-bond donors (Lipinski definition) is 1. The van der Waals surface area contributed by atoms with Gasteiger partial charge in [0.15, 0.2) is 0 Å². The lowest BCUT2D eigenvalue weighted by molar-refractivity contribution is -0.137. The number of aryl methyl sites for hydroxylation is 1. The fourth-order valence-corrected chi connectivity index (χ4v) is 4.54. The van der Waals surface area contributed by atoms with E-state index in [9.17, 15) is 18.0 Å². The number of ether oxygens (including phenoxy) is 1. The molecule has 1 aromatic heterocycles. The standard InChI is InChI=1S/C26H28F3NO3S/c1-3-18-8-12-20(13-9-18)24-21(25(34-30-24)26(27,28)29)16-33-22-14-10-19(11-15-23(31)32)7-5-4-6-17(22)2/h8-10,12-14H,2-7,11,15-16H2,1H3,(H,31,32)/b19-10+,22-14?. The van der Waals surface area contributed by atoms with E-state index < -0.39 is 17.0 Å². The highest BCUT2D eigenvalue weighted by Crippen LogP contribution is 2.40. The van der Waals surface area contributed by atoms with E-state index in [1.807, 2.05) is 25.1 Å². The topological polar surface area (TPSA) is 59.4 Å². The van der Waals surface area contributed by atoms with Crippen LogP contribution in [0.15, 0.2) is 59.9 Å². The first kappa shape index (κ1) is 25.7. The minimum Gasteiger partial charge on any atom is -0.489 e. The third kappa shape index (κ3) is 6.82. The van der Waals surface area contributed by atoms with Crippen molar-refractivity contribution < 1.29 is 27.8 Å². The summed E-state index contributed by atoms with van der Waals surface area (Å²) in [4.78, 5) is 10.2. The van der Waals surface area contributed by atoms with E-state index in [0.717, 1.165) is 36.8 Å². The molecule has 0 radical (unpaired) electrons. The van der Waals surface area contributed by atoms with Gasteiger partial charge in [0.05, 0.1) is 5.69 Å². The number of allylic oxidation sites excluding steroid dienone is 4. The van der Waals surface area contributed by atoms with Crippen molar-refractivity contribution in [1.82, 2.24) is 4.37 Å². The van der Waals surface area contributed by atoms with Crippen LogP contribution in [0.2, 0.25) is 0 Å². The summed E-state index contributed by atoms with van der Waals surface area (Å²) in [6.07, 6.45) is 3.43. The third-order valence-corrected chi connectivity index (χ3v) is 6.69. The Kier molecular flexibility index (Phi) is 8.72. The van der Waals surface area contributed by atoms with Gasteiger partial charge in [0.25, 0.3) is 0 Å². The molecule has 1 N–H and O–H groups in total. The van der Waals surface area contributed by atoms with Gasteiger partial charge in [0, 0.05) is 17.5 Å². The van der Waals surface area contributed by atoms with Crippen molar-refractivity contribution in [1.29, 1.82) is 0 Å². The minimum absolute atomic E-state index is 0.00500. The van der Waals surface area contributed by atoms with E-state index in [1.165, 1.54) is 0 Å². The van der Waals surface area contributed by atoms with Crippen LogP contribution >= 0.6 is 11.5 Å². The monoisotopic (exact) mass is 491 g/mol. The molecule has 0 atom stereocenters. The Morgan fingerprint density at radius 3 is 2.53 bits per heavy atom. The molecule has 0 aliphatic heterocycles. The zero-order valence-corrected chi connectivity index (χ0v) is 19.9. The number of alkyl halides is 3. The normalized spacial score (nSPS) is 16.6. The summed E-state index contributed by atoms with van der Waals surface area (Å²) in [7, 11) is 0. The number of carbonyl (C=O) groups is 1. The van der Waals surface area contributed by atoms with E-state index in [-0.39, 0.29) is 24.3 Å². The molecule has 8 heteroatoms. The Morgan fingerprint density at radius 1 is 1.18 bits per heavy atom. The van der Waals surface area contributed by atoms with Crippen molar-refractivity contribution in [3.05, 3.63) is 75.9 Å². The van der Waals surface area contributed by atoms with Gasteiger partial charge < -0.3 is 9.84 Å². The van der Waals surface area contributed by atoms with Crippen molar-refractivity contribution in [3.63, 3.8) is 0 Å². The van der Waals surface area contributed by atoms with Gasteiger partial charge >= 0.3 is 12.1 Å². The number of aromatic nitrogens is 1. The molecule has 0 bridgehead atoms. The molecule has 0 saturated heterocycles. The molecule has 0 fully saturated rings. The SMILES string of the molecule is C=C1CCCC/C(CCC(=O)O)=C\C=C1OCc1c(-c2ccc(CC)cc2)nsc1C(F)(F)F. The second kappa shape index (κ2) is 11.5. The highest BCUT2D eigenvalue weighted by molar-refractivity contribution is 7.06. The average Bonchev–Trinajstić information content (AvgIpc) is 3.25. The Balaban J connectivity index is 1.89. The summed E-state index contributed by atoms with van der Waals surface area (Å²) in [6.45, 7) is 5.78. The Bertz CT molecular complexity index is 1080. The highest BCUT2D eigenvalue weighted by Gasteiger charge is 2.38. The molecule has 1 aliphatic carbocycles. The van der Waals surface area contributed by atoms with Gasteiger partial charge in [-0.2, -0.15) is 17.5 Å². The summed E-state index contributed by atoms with van der Waals surface area (Å²) < 4.78 is 51.3. The third-order valence-electron chi connectivity index (χ3n) is 5.76. The van der Waals surface area contributed by atoms with E-state index in [2.05, 4.69) is 11.0 Å². The predicted molar refractivity (Wildman–Crippen MR) is 127 cm³/mol. The van der Waals surface area contributed by atoms with Crippen LogP contribution in [0.5, 0.6) is 0 Å². The number of nitrogens with zero attached hydrogens (tertiary/aromatic N) is 1. The zero-order valence-electron chi connectivity index (χ0n) is 19.1. The fourth-order valence-electron chi connectivity index (χ4n) is 3.78. The molecule has 4 nitrogen and oxygen atoms in total. The van der Waals surface area contributed by atoms with Gasteiger partial charge in [-0.25, -0.2) is 0 Å². The van der Waals surface area contributed by atoms with Crippen LogP contribution in [0.1, 0.15) is 61.5 Å². The number of benzene rings is 1. The molecule has 1 heterocycles. The highest BCUT2D eigenvalue weighted by atomic mass is 32.1. The van der Waals surface area contributed by atoms with Gasteiger partial charge in [-0.3, -0.25) is 4.79 Å². The van der Waals surface area contributed by atoms with Crippen molar-refractivity contribution >= 4 is 17.5 Å². The van der Waals surface area contributed by atoms with Gasteiger partial charge in [0.1, 0.15) is 17.2 Å². The van der Waals surface area contributed by atoms with Gasteiger partial charge in [-0.05, 0) is 67.3 Å². The first-order chi connectivity index (χ1) is 16.2. The van der Waals surface area contributed by atoms with Crippen LogP contribution in [-0.4, -0.2) is 15.4 Å². The first-order valence-corrected chi connectivity index (χ1v) is 12.0. The average molecular weight is 492 g/mol. The quantitative estimate of drug-likeness (QED) is 0.411. The smallest absolute Gasteiger partial charge is 0.427 e. The number of halogens is 3. The van der Waals surface area contributed by atoms with E-state index in [1.54, 1.807) is 18.2 Å². The fraction of sp³-hybridized carbons (Fsp3) is 0.385. The Hall–Kier alpha value is -2.87. The summed E-state index contributed by atoms with van der Waals surface area (Å²) in [5.74, 6) is -0.448. The summed E-state index contributed by atoms with van der Waals surface area (Å²) in [5, 5.41) is 8.97. The largest absolute Gasteiger partial charge is 0.489 e. The maximum atomic E-state index is 13.7. The van der Waals surface area contributed by atoms with Crippen LogP contribution < -0.4 is 0 Å². The van der Waals surface area contributed by atoms with Gasteiger partial charge in [0.2, 0.25) is 0 Å². The molecule has 0 spiro atoms. The molecule has 1 aliphatic rings. The lowest BCUT2D eigenvalue weighted by Crippen LogP contribution is -2.08. The molecule has 1 aromatic carbocycles. The van der Waals surface area contributed by atoms with Gasteiger partial charge in [-0.15, -0.1) is 0 Å². The maximum absolute atomic E-state index is 13.7. The van der Waals surface area contributed by atoms with Crippen LogP contribution in [0, 0.1) is 0 Å². The molecule has 2 aromatic rings. The second-order valence-corrected chi connectivity index (χ2v) is 9.01.